The molecule has 10 heteroatoms. The lowest BCUT2D eigenvalue weighted by molar-refractivity contribution is 0.0685. The summed E-state index contributed by atoms with van der Waals surface area (Å²) in [4.78, 5) is 49.4. The summed E-state index contributed by atoms with van der Waals surface area (Å²) in [6.45, 7) is 1.58. The fourth-order valence-electron chi connectivity index (χ4n) is 2.49. The van der Waals surface area contributed by atoms with Crippen LogP contribution in [0.4, 0.5) is 0 Å². The number of hydrogen-bond donors (Lipinski definition) is 2. The Kier molecular flexibility index (Phi) is 3.72. The largest absolute Gasteiger partial charge is 0.476 e. The SMILES string of the molecule is Cc1c(-n2nc(C(=O)O)c(=O)[nH]c2=O)c(=O)n(-c2ccccc2)n1C. The van der Waals surface area contributed by atoms with Gasteiger partial charge in [-0.1, -0.05) is 18.2 Å². The first kappa shape index (κ1) is 16.2. The van der Waals surface area contributed by atoms with Crippen molar-refractivity contribution in [1.29, 1.82) is 0 Å². The van der Waals surface area contributed by atoms with Gasteiger partial charge in [0.25, 0.3) is 11.1 Å². The van der Waals surface area contributed by atoms with Crippen molar-refractivity contribution < 1.29 is 9.90 Å². The van der Waals surface area contributed by atoms with Gasteiger partial charge in [0.15, 0.2) is 5.69 Å². The third-order valence-electron chi connectivity index (χ3n) is 3.77. The van der Waals surface area contributed by atoms with Crippen LogP contribution in [0.5, 0.6) is 0 Å². The summed E-state index contributed by atoms with van der Waals surface area (Å²) in [6, 6.07) is 8.69. The highest BCUT2D eigenvalue weighted by atomic mass is 16.4. The topological polar surface area (TPSA) is 132 Å². The number of aromatic amines is 1. The molecule has 0 fully saturated rings. The van der Waals surface area contributed by atoms with Crippen molar-refractivity contribution in [1.82, 2.24) is 24.1 Å². The van der Waals surface area contributed by atoms with E-state index in [4.69, 9.17) is 5.11 Å². The highest BCUT2D eigenvalue weighted by molar-refractivity contribution is 5.84. The van der Waals surface area contributed by atoms with E-state index in [0.29, 0.717) is 16.1 Å². The zero-order valence-electron chi connectivity index (χ0n) is 13.3. The first-order valence-electron chi connectivity index (χ1n) is 7.14. The maximum Gasteiger partial charge on any atom is 0.362 e. The molecule has 0 saturated heterocycles. The van der Waals surface area contributed by atoms with Crippen LogP contribution in [0.25, 0.3) is 11.4 Å². The van der Waals surface area contributed by atoms with E-state index in [9.17, 15) is 19.2 Å². The van der Waals surface area contributed by atoms with Crippen molar-refractivity contribution in [3.63, 3.8) is 0 Å². The van der Waals surface area contributed by atoms with Crippen molar-refractivity contribution in [2.75, 3.05) is 0 Å². The summed E-state index contributed by atoms with van der Waals surface area (Å²) in [6.07, 6.45) is 0. The Morgan fingerprint density at radius 3 is 2.40 bits per heavy atom. The minimum absolute atomic E-state index is 0.143. The summed E-state index contributed by atoms with van der Waals surface area (Å²) in [5.41, 5.74) is -2.81. The highest BCUT2D eigenvalue weighted by Crippen LogP contribution is 2.11. The number of carboxylic acid groups (broad SMARTS) is 1. The third-order valence-corrected chi connectivity index (χ3v) is 3.77. The van der Waals surface area contributed by atoms with Crippen LogP contribution in [-0.4, -0.2) is 35.2 Å². The average molecular weight is 343 g/mol. The second-order valence-corrected chi connectivity index (χ2v) is 5.23. The van der Waals surface area contributed by atoms with E-state index < -0.39 is 28.5 Å². The molecule has 0 amide bonds. The van der Waals surface area contributed by atoms with Gasteiger partial charge in [-0.2, -0.15) is 4.68 Å². The van der Waals surface area contributed by atoms with Crippen LogP contribution in [0.15, 0.2) is 44.7 Å². The molecule has 2 aromatic heterocycles. The van der Waals surface area contributed by atoms with Crippen molar-refractivity contribution >= 4 is 5.97 Å². The Bertz CT molecular complexity index is 1150. The smallest absolute Gasteiger partial charge is 0.362 e. The van der Waals surface area contributed by atoms with Crippen LogP contribution >= 0.6 is 0 Å². The molecule has 1 aromatic carbocycles. The molecule has 0 saturated carbocycles. The lowest BCUT2D eigenvalue weighted by Gasteiger charge is -2.07. The Hall–Kier alpha value is -3.69. The lowest BCUT2D eigenvalue weighted by atomic mass is 10.3. The molecule has 0 unspecified atom stereocenters. The second-order valence-electron chi connectivity index (χ2n) is 5.23. The van der Waals surface area contributed by atoms with Gasteiger partial charge in [0, 0.05) is 7.05 Å². The standard InChI is InChI=1S/C15H13N5O5/c1-8-11(19-15(25)16-12(21)10(17-19)14(23)24)13(22)20(18(8)2)9-6-4-3-5-7-9/h3-7H,1-2H3,(H,23,24)(H,16,21,25). The van der Waals surface area contributed by atoms with E-state index in [1.165, 1.54) is 9.36 Å². The number of carboxylic acids is 1. The van der Waals surface area contributed by atoms with Crippen LogP contribution in [0.1, 0.15) is 16.2 Å². The predicted molar refractivity (Wildman–Crippen MR) is 86.7 cm³/mol. The predicted octanol–water partition coefficient (Wildman–Crippen LogP) is -0.583. The molecule has 128 valence electrons. The zero-order chi connectivity index (χ0) is 18.3. The minimum atomic E-state index is -1.60. The minimum Gasteiger partial charge on any atom is -0.476 e. The molecule has 10 nitrogen and oxygen atoms in total. The third kappa shape index (κ3) is 2.49. The van der Waals surface area contributed by atoms with Gasteiger partial charge in [-0.3, -0.25) is 19.3 Å². The molecule has 2 heterocycles. The van der Waals surface area contributed by atoms with E-state index in [0.717, 1.165) is 0 Å². The number of H-pyrrole nitrogens is 1. The number of hydrogen-bond acceptors (Lipinski definition) is 5. The normalized spacial score (nSPS) is 10.8. The van der Waals surface area contributed by atoms with Crippen molar-refractivity contribution in [2.45, 2.75) is 6.92 Å². The monoisotopic (exact) mass is 343 g/mol. The van der Waals surface area contributed by atoms with Gasteiger partial charge < -0.3 is 5.11 Å². The molecule has 2 N–H and O–H groups in total. The van der Waals surface area contributed by atoms with Crippen molar-refractivity contribution in [2.24, 2.45) is 7.05 Å². The van der Waals surface area contributed by atoms with Crippen LogP contribution in [0.3, 0.4) is 0 Å². The van der Waals surface area contributed by atoms with Gasteiger partial charge in [-0.15, -0.1) is 5.10 Å². The average Bonchev–Trinajstić information content (AvgIpc) is 2.78. The molecule has 0 aliphatic carbocycles. The first-order valence-corrected chi connectivity index (χ1v) is 7.14. The van der Waals surface area contributed by atoms with Crippen LogP contribution in [0, 0.1) is 6.92 Å². The molecule has 25 heavy (non-hydrogen) atoms. The number of rotatable bonds is 3. The lowest BCUT2D eigenvalue weighted by Crippen LogP contribution is -2.37. The summed E-state index contributed by atoms with van der Waals surface area (Å²) < 4.78 is 3.42. The maximum atomic E-state index is 12.8. The van der Waals surface area contributed by atoms with Crippen molar-refractivity contribution in [3.8, 4) is 11.4 Å². The number of benzene rings is 1. The van der Waals surface area contributed by atoms with E-state index >= 15 is 0 Å². The maximum absolute atomic E-state index is 12.8. The van der Waals surface area contributed by atoms with Gasteiger partial charge in [0.1, 0.15) is 0 Å². The Morgan fingerprint density at radius 1 is 1.16 bits per heavy atom. The molecule has 0 bridgehead atoms. The van der Waals surface area contributed by atoms with Crippen molar-refractivity contribution in [3.05, 3.63) is 72.9 Å². The van der Waals surface area contributed by atoms with Gasteiger partial charge in [-0.05, 0) is 19.1 Å². The van der Waals surface area contributed by atoms with Crippen LogP contribution in [0.2, 0.25) is 0 Å². The molecular weight excluding hydrogens is 330 g/mol. The molecule has 0 atom stereocenters. The van der Waals surface area contributed by atoms with E-state index in [1.807, 2.05) is 4.98 Å². The number of carbonyl (C=O) groups is 1. The molecule has 0 aliphatic heterocycles. The molecule has 0 spiro atoms. The van der Waals surface area contributed by atoms with Gasteiger partial charge >= 0.3 is 11.7 Å². The summed E-state index contributed by atoms with van der Waals surface area (Å²) in [5, 5.41) is 12.6. The Morgan fingerprint density at radius 2 is 1.80 bits per heavy atom. The van der Waals surface area contributed by atoms with E-state index in [2.05, 4.69) is 5.10 Å². The Balaban J connectivity index is 2.36. The summed E-state index contributed by atoms with van der Waals surface area (Å²) >= 11 is 0. The summed E-state index contributed by atoms with van der Waals surface area (Å²) in [5.74, 6) is -1.60. The summed E-state index contributed by atoms with van der Waals surface area (Å²) in [7, 11) is 1.61. The Labute approximate surface area is 139 Å². The number of nitrogens with one attached hydrogen (secondary N) is 1. The zero-order valence-corrected chi connectivity index (χ0v) is 13.3. The number of aromatic carboxylic acids is 1. The number of nitrogens with zero attached hydrogens (tertiary/aromatic N) is 4. The van der Waals surface area contributed by atoms with Gasteiger partial charge in [0.2, 0.25) is 5.69 Å². The fourth-order valence-corrected chi connectivity index (χ4v) is 2.49. The van der Waals surface area contributed by atoms with E-state index in [1.54, 1.807) is 44.3 Å². The molecule has 3 aromatic rings. The molecular formula is C15H13N5O5. The fraction of sp³-hybridized carbons (Fsp3) is 0.133. The molecule has 3 rings (SSSR count). The van der Waals surface area contributed by atoms with Crippen LogP contribution in [-0.2, 0) is 7.05 Å². The van der Waals surface area contributed by atoms with Gasteiger partial charge in [-0.25, -0.2) is 14.3 Å². The number of para-hydroxylation sites is 1. The second kappa shape index (κ2) is 5.74. The number of aromatic nitrogens is 5. The first-order chi connectivity index (χ1) is 11.8. The van der Waals surface area contributed by atoms with E-state index in [-0.39, 0.29) is 5.69 Å². The van der Waals surface area contributed by atoms with Gasteiger partial charge in [0.05, 0.1) is 11.4 Å². The highest BCUT2D eigenvalue weighted by Gasteiger charge is 2.22. The molecule has 0 radical (unpaired) electrons. The quantitative estimate of drug-likeness (QED) is 0.654. The molecule has 0 aliphatic rings. The van der Waals surface area contributed by atoms with Crippen LogP contribution < -0.4 is 16.8 Å².